The highest BCUT2D eigenvalue weighted by molar-refractivity contribution is 7.92. The molecule has 196 valence electrons. The molecule has 1 aliphatic rings. The molecule has 1 aliphatic heterocycles. The molecule has 0 aromatic heterocycles. The van der Waals surface area contributed by atoms with E-state index in [1.165, 1.54) is 25.1 Å². The molecule has 1 heterocycles. The Morgan fingerprint density at radius 2 is 1.46 bits per heavy atom. The predicted molar refractivity (Wildman–Crippen MR) is 145 cm³/mol. The average molecular weight is 542 g/mol. The summed E-state index contributed by atoms with van der Waals surface area (Å²) in [5.41, 5.74) is 4.58. The smallest absolute Gasteiger partial charge is 0.264 e. The van der Waals surface area contributed by atoms with Crippen molar-refractivity contribution in [2.24, 2.45) is 0 Å². The van der Waals surface area contributed by atoms with Gasteiger partial charge in [0.05, 0.1) is 15.5 Å². The van der Waals surface area contributed by atoms with E-state index in [1.807, 2.05) is 26.8 Å². The van der Waals surface area contributed by atoms with Crippen LogP contribution >= 0.6 is 0 Å². The molecule has 0 fully saturated rings. The van der Waals surface area contributed by atoms with E-state index < -0.39 is 32.5 Å². The largest absolute Gasteiger partial charge is 0.310 e. The van der Waals surface area contributed by atoms with Crippen molar-refractivity contribution in [2.45, 2.75) is 37.0 Å². The number of nitrogens with zero attached hydrogens (tertiary/aromatic N) is 3. The number of aryl methyl sites for hydroxylation is 3. The summed E-state index contributed by atoms with van der Waals surface area (Å²) in [6.45, 7) is 5.66. The minimum Gasteiger partial charge on any atom is -0.310 e. The molecular weight excluding hydrogens is 510 g/mol. The SMILES string of the molecule is Cc1ccc(S(=O)(=O)N(CC(=O)N2CCc3cc(S(=O)(=O)N(C)C)ccc32)c2ccc(C)c(C)c2)cc1. The molecule has 0 atom stereocenters. The molecule has 0 spiro atoms. The van der Waals surface area contributed by atoms with Crippen LogP contribution in [0.4, 0.5) is 11.4 Å². The van der Waals surface area contributed by atoms with Crippen molar-refractivity contribution in [3.63, 3.8) is 0 Å². The number of sulfonamides is 2. The fourth-order valence-electron chi connectivity index (χ4n) is 4.25. The van der Waals surface area contributed by atoms with Crippen molar-refractivity contribution in [1.82, 2.24) is 4.31 Å². The van der Waals surface area contributed by atoms with Crippen LogP contribution in [0.2, 0.25) is 0 Å². The highest BCUT2D eigenvalue weighted by Crippen LogP contribution is 2.32. The molecule has 1 amide bonds. The van der Waals surface area contributed by atoms with Gasteiger partial charge in [0.2, 0.25) is 15.9 Å². The number of hydrogen-bond donors (Lipinski definition) is 0. The fourth-order valence-corrected chi connectivity index (χ4v) is 6.61. The molecule has 4 rings (SSSR count). The first kappa shape index (κ1) is 26.8. The number of carbonyl (C=O) groups excluding carboxylic acids is 1. The summed E-state index contributed by atoms with van der Waals surface area (Å²) in [5, 5.41) is 0. The van der Waals surface area contributed by atoms with Gasteiger partial charge in [-0.15, -0.1) is 0 Å². The Labute approximate surface area is 219 Å². The summed E-state index contributed by atoms with van der Waals surface area (Å²) in [6.07, 6.45) is 0.478. The minimum absolute atomic E-state index is 0.101. The molecular formula is C27H31N3O5S2. The molecule has 0 radical (unpaired) electrons. The van der Waals surface area contributed by atoms with Gasteiger partial charge in [-0.05, 0) is 86.3 Å². The summed E-state index contributed by atoms with van der Waals surface area (Å²) < 4.78 is 54.8. The first-order chi connectivity index (χ1) is 17.3. The number of benzene rings is 3. The maximum atomic E-state index is 13.7. The lowest BCUT2D eigenvalue weighted by Gasteiger charge is -2.27. The van der Waals surface area contributed by atoms with Crippen molar-refractivity contribution in [3.8, 4) is 0 Å². The fraction of sp³-hybridized carbons (Fsp3) is 0.296. The van der Waals surface area contributed by atoms with Crippen LogP contribution in [-0.2, 0) is 31.3 Å². The lowest BCUT2D eigenvalue weighted by molar-refractivity contribution is -0.117. The third-order valence-corrected chi connectivity index (χ3v) is 10.3. The lowest BCUT2D eigenvalue weighted by atomic mass is 10.1. The molecule has 10 heteroatoms. The molecule has 0 saturated heterocycles. The molecule has 8 nitrogen and oxygen atoms in total. The molecule has 0 aliphatic carbocycles. The third-order valence-electron chi connectivity index (χ3n) is 6.69. The first-order valence-electron chi connectivity index (χ1n) is 11.8. The number of carbonyl (C=O) groups is 1. The van der Waals surface area contributed by atoms with Crippen molar-refractivity contribution in [2.75, 3.05) is 36.4 Å². The number of anilines is 2. The van der Waals surface area contributed by atoms with E-state index in [0.717, 1.165) is 30.9 Å². The second-order valence-corrected chi connectivity index (χ2v) is 13.5. The number of hydrogen-bond acceptors (Lipinski definition) is 5. The van der Waals surface area contributed by atoms with Gasteiger partial charge in [-0.2, -0.15) is 0 Å². The lowest BCUT2D eigenvalue weighted by Crippen LogP contribution is -2.42. The predicted octanol–water partition coefficient (Wildman–Crippen LogP) is 3.65. The van der Waals surface area contributed by atoms with Crippen LogP contribution < -0.4 is 9.21 Å². The van der Waals surface area contributed by atoms with Crippen LogP contribution in [0.25, 0.3) is 0 Å². The Balaban J connectivity index is 1.70. The van der Waals surface area contributed by atoms with E-state index >= 15 is 0 Å². The van der Waals surface area contributed by atoms with E-state index in [1.54, 1.807) is 48.5 Å². The molecule has 3 aromatic carbocycles. The van der Waals surface area contributed by atoms with Gasteiger partial charge in [-0.3, -0.25) is 9.10 Å². The topological polar surface area (TPSA) is 95.1 Å². The zero-order valence-electron chi connectivity index (χ0n) is 21.6. The zero-order valence-corrected chi connectivity index (χ0v) is 23.2. The average Bonchev–Trinajstić information content (AvgIpc) is 3.28. The standard InChI is InChI=1S/C27H31N3O5S2/c1-19-6-10-24(11-7-19)37(34,35)30(23-9-8-20(2)21(3)16-23)18-27(31)29-15-14-22-17-25(12-13-26(22)29)36(32,33)28(4)5/h6-13,16-17H,14-15,18H2,1-5H3. The van der Waals surface area contributed by atoms with Crippen LogP contribution in [0.1, 0.15) is 22.3 Å². The van der Waals surface area contributed by atoms with Gasteiger partial charge in [-0.25, -0.2) is 21.1 Å². The maximum Gasteiger partial charge on any atom is 0.264 e. The van der Waals surface area contributed by atoms with E-state index in [2.05, 4.69) is 0 Å². The molecule has 0 bridgehead atoms. The number of rotatable bonds is 7. The van der Waals surface area contributed by atoms with Crippen molar-refractivity contribution >= 4 is 37.3 Å². The molecule has 0 unspecified atom stereocenters. The molecule has 37 heavy (non-hydrogen) atoms. The number of fused-ring (bicyclic) bond motifs is 1. The Bertz CT molecular complexity index is 1560. The van der Waals surface area contributed by atoms with E-state index in [0.29, 0.717) is 24.3 Å². The van der Waals surface area contributed by atoms with Crippen molar-refractivity contribution < 1.29 is 21.6 Å². The van der Waals surface area contributed by atoms with Crippen LogP contribution in [-0.4, -0.2) is 54.2 Å². The van der Waals surface area contributed by atoms with Crippen LogP contribution in [0.15, 0.2) is 70.5 Å². The minimum atomic E-state index is -4.04. The zero-order chi connectivity index (χ0) is 27.1. The molecule has 0 N–H and O–H groups in total. The Kier molecular flexibility index (Phi) is 7.20. The van der Waals surface area contributed by atoms with Crippen LogP contribution in [0, 0.1) is 20.8 Å². The van der Waals surface area contributed by atoms with E-state index in [-0.39, 0.29) is 9.79 Å². The Hall–Kier alpha value is -3.21. The summed E-state index contributed by atoms with van der Waals surface area (Å²) in [6, 6.07) is 16.5. The number of amides is 1. The Morgan fingerprint density at radius 1 is 0.811 bits per heavy atom. The highest BCUT2D eigenvalue weighted by Gasteiger charge is 2.32. The summed E-state index contributed by atoms with van der Waals surface area (Å²) in [5.74, 6) is -0.393. The summed E-state index contributed by atoms with van der Waals surface area (Å²) >= 11 is 0. The van der Waals surface area contributed by atoms with Gasteiger partial charge in [0.1, 0.15) is 6.54 Å². The van der Waals surface area contributed by atoms with Gasteiger partial charge in [0, 0.05) is 26.3 Å². The van der Waals surface area contributed by atoms with Crippen molar-refractivity contribution in [1.29, 1.82) is 0 Å². The second kappa shape index (κ2) is 9.92. The third kappa shape index (κ3) is 5.14. The summed E-state index contributed by atoms with van der Waals surface area (Å²) in [7, 11) is -4.71. The summed E-state index contributed by atoms with van der Waals surface area (Å²) in [4.78, 5) is 15.3. The Morgan fingerprint density at radius 3 is 2.08 bits per heavy atom. The van der Waals surface area contributed by atoms with Gasteiger partial charge in [0.15, 0.2) is 0 Å². The van der Waals surface area contributed by atoms with Gasteiger partial charge < -0.3 is 4.90 Å². The maximum absolute atomic E-state index is 13.7. The van der Waals surface area contributed by atoms with Crippen molar-refractivity contribution in [3.05, 3.63) is 82.9 Å². The second-order valence-electron chi connectivity index (χ2n) is 9.47. The monoisotopic (exact) mass is 541 g/mol. The molecule has 3 aromatic rings. The van der Waals surface area contributed by atoms with E-state index in [9.17, 15) is 21.6 Å². The molecule has 0 saturated carbocycles. The normalized spacial score (nSPS) is 13.6. The van der Waals surface area contributed by atoms with Crippen LogP contribution in [0.5, 0.6) is 0 Å². The highest BCUT2D eigenvalue weighted by atomic mass is 32.2. The first-order valence-corrected chi connectivity index (χ1v) is 14.7. The van der Waals surface area contributed by atoms with E-state index in [4.69, 9.17) is 0 Å². The van der Waals surface area contributed by atoms with Crippen LogP contribution in [0.3, 0.4) is 0 Å². The quantitative estimate of drug-likeness (QED) is 0.455. The van der Waals surface area contributed by atoms with Gasteiger partial charge in [-0.1, -0.05) is 23.8 Å². The van der Waals surface area contributed by atoms with Gasteiger partial charge in [0.25, 0.3) is 10.0 Å². The van der Waals surface area contributed by atoms with Gasteiger partial charge >= 0.3 is 0 Å².